The summed E-state index contributed by atoms with van der Waals surface area (Å²) in [6, 6.07) is 64.1. The number of imidazole rings is 4. The summed E-state index contributed by atoms with van der Waals surface area (Å²) in [5.41, 5.74) is 38.0. The van der Waals surface area contributed by atoms with Crippen LogP contribution in [0.25, 0.3) is 117 Å². The third-order valence-electron chi connectivity index (χ3n) is 26.1. The van der Waals surface area contributed by atoms with E-state index in [0.717, 1.165) is 232 Å². The topological polar surface area (TPSA) is 290 Å². The molecule has 3 saturated carbocycles. The number of rotatable bonds is 16. The number of fused-ring (bicyclic) bond motifs is 6. The Morgan fingerprint density at radius 1 is 0.398 bits per heavy atom. The van der Waals surface area contributed by atoms with Crippen molar-refractivity contribution < 1.29 is 8.42 Å². The lowest BCUT2D eigenvalue weighted by Crippen LogP contribution is -2.54. The Hall–Kier alpha value is -12.3. The largest absolute Gasteiger partial charge is 0.382 e. The van der Waals surface area contributed by atoms with E-state index in [9.17, 15) is 8.42 Å². The van der Waals surface area contributed by atoms with Gasteiger partial charge in [0.15, 0.2) is 0 Å². The molecule has 0 spiro atoms. The average Bonchev–Trinajstić information content (AvgIpc) is 1.60. The van der Waals surface area contributed by atoms with Gasteiger partial charge in [0, 0.05) is 226 Å². The van der Waals surface area contributed by atoms with Crippen LogP contribution in [0.15, 0.2) is 232 Å². The molecule has 624 valence electrons. The van der Waals surface area contributed by atoms with Crippen molar-refractivity contribution in [1.82, 2.24) is 96.8 Å². The Labute approximate surface area is 715 Å². The minimum atomic E-state index is -3.13. The number of nitrogen functional groups attached to an aromatic ring is 3. The number of benzene rings is 6. The molecule has 26 heteroatoms. The maximum Gasteiger partial charge on any atom is 0.211 e. The molecule has 3 aliphatic carbocycles. The molecule has 16 aromatic rings. The van der Waals surface area contributed by atoms with E-state index in [1.54, 1.807) is 29.2 Å². The summed E-state index contributed by atoms with van der Waals surface area (Å²) in [6.07, 6.45) is 22.7. The van der Waals surface area contributed by atoms with E-state index < -0.39 is 10.0 Å². The Bertz CT molecular complexity index is 6630. The van der Waals surface area contributed by atoms with Crippen LogP contribution in [-0.4, -0.2) is 215 Å². The van der Waals surface area contributed by atoms with Gasteiger partial charge < -0.3 is 27.1 Å². The standard InChI is InChI=1S/C34H39N7.C33H33N9.C30H31N7O2S/c1-34(2,3)22-39-15-17-40(18-16-39)27-19-26(20-27)33-38-30(31-32(35)36-13-14-41(31)33)25-10-9-24-11-12-28(37-29(24)21-25)23-7-5-4-6-8-23;34-32-31-30(24-7-6-23-8-9-28(38-29(23)18-24)22-4-2-1-3-5-22)39-33(42(31)11-10-36-32)25-16-27(17-25)41-14-12-40(13-15-41)20-26-19-35-21-37-26;1-40(38,39)36-15-13-35(14-16-36)24-17-23(18-24)30-34-27(28-29(31)32-11-12-37(28)30)22-8-7-21-9-10-25(33-26(21)19-22)20-5-3-2-4-6-20/h4-14,21,26-27H,15-20,22H2,1-3H3,(H2,35,36);1-11,18-19,21,25,27H,12-17,20H2,(H2,34,36)(H,35,37);2-12,19,23-24H,13-18H2,1H3,(H2,31,32). The van der Waals surface area contributed by atoms with Crippen molar-refractivity contribution in [3.05, 3.63) is 255 Å². The van der Waals surface area contributed by atoms with Crippen LogP contribution in [0.2, 0.25) is 0 Å². The molecule has 13 heterocycles. The molecule has 6 aromatic carbocycles. The first-order valence-electron chi connectivity index (χ1n) is 43.2. The van der Waals surface area contributed by atoms with Gasteiger partial charge in [-0.1, -0.05) is 166 Å². The van der Waals surface area contributed by atoms with Gasteiger partial charge in [-0.3, -0.25) is 32.8 Å². The number of nitrogens with one attached hydrogen (secondary N) is 1. The van der Waals surface area contributed by atoms with Gasteiger partial charge in [-0.05, 0) is 80.3 Å². The number of H-pyrrole nitrogens is 1. The molecule has 10 aromatic heterocycles. The van der Waals surface area contributed by atoms with Gasteiger partial charge in [-0.25, -0.2) is 58.3 Å². The quantitative estimate of drug-likeness (QED) is 0.0699. The van der Waals surface area contributed by atoms with E-state index in [1.165, 1.54) is 31.6 Å². The Kier molecular flexibility index (Phi) is 21.4. The molecular weight excluding hydrogens is 1550 g/mol. The Morgan fingerprint density at radius 3 is 1.06 bits per heavy atom. The number of nitrogens with two attached hydrogens (primary N) is 3. The van der Waals surface area contributed by atoms with Crippen molar-refractivity contribution in [2.45, 2.75) is 102 Å². The molecular formula is C97H103N23O2S. The smallest absolute Gasteiger partial charge is 0.211 e. The number of hydrogen-bond donors (Lipinski definition) is 4. The van der Waals surface area contributed by atoms with Gasteiger partial charge in [0.1, 0.15) is 68.6 Å². The molecule has 25 nitrogen and oxygen atoms in total. The normalized spacial score (nSPS) is 20.3. The predicted molar refractivity (Wildman–Crippen MR) is 489 cm³/mol. The third kappa shape index (κ3) is 16.3. The van der Waals surface area contributed by atoms with E-state index in [0.29, 0.717) is 71.8 Å². The van der Waals surface area contributed by atoms with Gasteiger partial charge in [0.05, 0.1) is 46.2 Å². The van der Waals surface area contributed by atoms with Crippen molar-refractivity contribution in [3.63, 3.8) is 0 Å². The van der Waals surface area contributed by atoms with Gasteiger partial charge in [-0.15, -0.1) is 0 Å². The SMILES string of the molecule is CC(C)(C)CN1CCN(C2CC(c3nc(-c4ccc5ccc(-c6ccccc6)nc5c4)c4c(N)nccn34)C2)CC1.CS(=O)(=O)N1CCN(C2CC(c3nc(-c4ccc5ccc(-c6ccccc6)nc5c4)c4c(N)nccn34)C2)CC1.Nc1nccn2c(C3CC(N4CCN(Cc5cnc[nH]5)CC4)C3)nc(-c3ccc4ccc(-c5ccccc5)nc4c3)c12. The number of piperazine rings is 3. The molecule has 0 atom stereocenters. The summed E-state index contributed by atoms with van der Waals surface area (Å²) in [5.74, 6) is 5.74. The molecule has 3 aliphatic heterocycles. The van der Waals surface area contributed by atoms with Crippen molar-refractivity contribution in [2.75, 3.05) is 109 Å². The molecule has 0 radical (unpaired) electrons. The number of anilines is 3. The summed E-state index contributed by atoms with van der Waals surface area (Å²) in [4.78, 5) is 64.1. The fraction of sp³-hybridized carbons (Fsp3) is 0.320. The zero-order valence-corrected chi connectivity index (χ0v) is 70.8. The van der Waals surface area contributed by atoms with Gasteiger partial charge >= 0.3 is 0 Å². The summed E-state index contributed by atoms with van der Waals surface area (Å²) in [6.45, 7) is 20.8. The first-order valence-corrected chi connectivity index (χ1v) is 45.1. The highest BCUT2D eigenvalue weighted by molar-refractivity contribution is 7.88. The zero-order valence-electron chi connectivity index (χ0n) is 70.0. The van der Waals surface area contributed by atoms with E-state index in [4.69, 9.17) is 47.1 Å². The first-order chi connectivity index (χ1) is 59.9. The van der Waals surface area contributed by atoms with Crippen molar-refractivity contribution in [2.24, 2.45) is 5.41 Å². The van der Waals surface area contributed by atoms with Crippen LogP contribution < -0.4 is 17.2 Å². The lowest BCUT2D eigenvalue weighted by molar-refractivity contribution is 0.0386. The second kappa shape index (κ2) is 33.2. The molecule has 3 saturated heterocycles. The molecule has 123 heavy (non-hydrogen) atoms. The monoisotopic (exact) mass is 1650 g/mol. The molecule has 0 amide bonds. The molecule has 0 bridgehead atoms. The second-order valence-electron chi connectivity index (χ2n) is 35.4. The highest BCUT2D eigenvalue weighted by Gasteiger charge is 2.43. The van der Waals surface area contributed by atoms with Gasteiger partial charge in [0.2, 0.25) is 10.0 Å². The minimum absolute atomic E-state index is 0.296. The molecule has 6 aliphatic rings. The lowest BCUT2D eigenvalue weighted by Gasteiger charge is -2.46. The van der Waals surface area contributed by atoms with Crippen LogP contribution in [0.5, 0.6) is 0 Å². The van der Waals surface area contributed by atoms with E-state index in [1.807, 2.05) is 79.4 Å². The number of aromatic amines is 1. The highest BCUT2D eigenvalue weighted by atomic mass is 32.2. The number of sulfonamides is 1. The van der Waals surface area contributed by atoms with Crippen LogP contribution in [-0.2, 0) is 16.6 Å². The van der Waals surface area contributed by atoms with E-state index >= 15 is 0 Å². The van der Waals surface area contributed by atoms with E-state index in [-0.39, 0.29) is 0 Å². The van der Waals surface area contributed by atoms with Crippen molar-refractivity contribution in [3.8, 4) is 67.5 Å². The van der Waals surface area contributed by atoms with Crippen molar-refractivity contribution >= 4 is 76.7 Å². The molecule has 0 unspecified atom stereocenters. The van der Waals surface area contributed by atoms with Gasteiger partial charge in [0.25, 0.3) is 0 Å². The number of hydrogen-bond acceptors (Lipinski definition) is 20. The average molecular weight is 1660 g/mol. The fourth-order valence-corrected chi connectivity index (χ4v) is 20.2. The fourth-order valence-electron chi connectivity index (χ4n) is 19.4. The third-order valence-corrected chi connectivity index (χ3v) is 27.4. The second-order valence-corrected chi connectivity index (χ2v) is 37.4. The predicted octanol–water partition coefficient (Wildman–Crippen LogP) is 15.1. The number of pyridine rings is 3. The number of aromatic nitrogens is 14. The lowest BCUT2D eigenvalue weighted by atomic mass is 9.78. The molecule has 22 rings (SSSR count). The summed E-state index contributed by atoms with van der Waals surface area (Å²) in [5, 5.41) is 3.27. The molecule has 7 N–H and O–H groups in total. The maximum atomic E-state index is 11.9. The zero-order chi connectivity index (χ0) is 83.6. The highest BCUT2D eigenvalue weighted by Crippen LogP contribution is 2.47. The number of nitrogens with zero attached hydrogens (tertiary/aromatic N) is 19. The molecule has 6 fully saturated rings. The van der Waals surface area contributed by atoms with Gasteiger partial charge in [-0.2, -0.15) is 4.31 Å². The van der Waals surface area contributed by atoms with Crippen LogP contribution in [0.1, 0.15) is 100 Å². The summed E-state index contributed by atoms with van der Waals surface area (Å²) in [7, 11) is -3.13. The summed E-state index contributed by atoms with van der Waals surface area (Å²) >= 11 is 0. The van der Waals surface area contributed by atoms with Crippen LogP contribution in [0.3, 0.4) is 0 Å². The first kappa shape index (κ1) is 79.2. The van der Waals surface area contributed by atoms with Crippen LogP contribution >= 0.6 is 0 Å². The van der Waals surface area contributed by atoms with Crippen LogP contribution in [0, 0.1) is 5.41 Å². The van der Waals surface area contributed by atoms with Crippen molar-refractivity contribution in [1.29, 1.82) is 0 Å². The van der Waals surface area contributed by atoms with Crippen LogP contribution in [0.4, 0.5) is 17.5 Å². The summed E-state index contributed by atoms with van der Waals surface area (Å²) < 4.78 is 31.8. The Balaban J connectivity index is 0.000000117. The Morgan fingerprint density at radius 2 is 0.732 bits per heavy atom. The van der Waals surface area contributed by atoms with E-state index in [2.05, 4.69) is 211 Å². The minimum Gasteiger partial charge on any atom is -0.382 e. The maximum absolute atomic E-state index is 11.9.